The molecule has 0 amide bonds. The molecule has 1 rings (SSSR count). The lowest BCUT2D eigenvalue weighted by Gasteiger charge is -2.11. The molecule has 1 aromatic rings. The minimum atomic E-state index is 0.472. The highest BCUT2D eigenvalue weighted by molar-refractivity contribution is 5.14. The quantitative estimate of drug-likeness (QED) is 0.723. The molecule has 1 heterocycles. The molecule has 3 N–H and O–H groups in total. The van der Waals surface area contributed by atoms with Crippen LogP contribution in [0.15, 0.2) is 6.20 Å². The standard InChI is InChI=1S/C10H20N4/c1-8(4-5-11)12-6-10-7-14(3)13-9(10)2/h7-8,12H,4-6,11H2,1-3H3. The summed E-state index contributed by atoms with van der Waals surface area (Å²) in [6.45, 7) is 5.80. The summed E-state index contributed by atoms with van der Waals surface area (Å²) in [5, 5.41) is 7.71. The molecule has 1 aromatic heterocycles. The predicted octanol–water partition coefficient (Wildman–Crippen LogP) is 0.555. The normalized spacial score (nSPS) is 13.1. The average molecular weight is 196 g/mol. The first kappa shape index (κ1) is 11.2. The summed E-state index contributed by atoms with van der Waals surface area (Å²) in [4.78, 5) is 0. The van der Waals surface area contributed by atoms with E-state index in [1.165, 1.54) is 5.56 Å². The van der Waals surface area contributed by atoms with E-state index in [1.54, 1.807) is 0 Å². The zero-order valence-corrected chi connectivity index (χ0v) is 9.25. The summed E-state index contributed by atoms with van der Waals surface area (Å²) in [5.74, 6) is 0. The number of nitrogens with one attached hydrogen (secondary N) is 1. The van der Waals surface area contributed by atoms with E-state index >= 15 is 0 Å². The van der Waals surface area contributed by atoms with Gasteiger partial charge in [-0.2, -0.15) is 5.10 Å². The summed E-state index contributed by atoms with van der Waals surface area (Å²) in [5.41, 5.74) is 7.83. The van der Waals surface area contributed by atoms with Crippen molar-refractivity contribution in [1.29, 1.82) is 0 Å². The maximum atomic E-state index is 5.48. The van der Waals surface area contributed by atoms with E-state index in [0.717, 1.165) is 25.2 Å². The molecule has 0 spiro atoms. The second kappa shape index (κ2) is 5.12. The Bertz CT molecular complexity index is 280. The number of nitrogens with zero attached hydrogens (tertiary/aromatic N) is 2. The van der Waals surface area contributed by atoms with Crippen molar-refractivity contribution in [3.05, 3.63) is 17.5 Å². The van der Waals surface area contributed by atoms with Crippen molar-refractivity contribution in [1.82, 2.24) is 15.1 Å². The number of hydrogen-bond acceptors (Lipinski definition) is 3. The van der Waals surface area contributed by atoms with Crippen LogP contribution < -0.4 is 11.1 Å². The Labute approximate surface area is 85.5 Å². The van der Waals surface area contributed by atoms with Crippen molar-refractivity contribution >= 4 is 0 Å². The average Bonchev–Trinajstić information content (AvgIpc) is 2.42. The van der Waals surface area contributed by atoms with Crippen molar-refractivity contribution in [3.63, 3.8) is 0 Å². The van der Waals surface area contributed by atoms with E-state index in [0.29, 0.717) is 6.04 Å². The first-order valence-corrected chi connectivity index (χ1v) is 5.06. The summed E-state index contributed by atoms with van der Waals surface area (Å²) in [6.07, 6.45) is 3.07. The predicted molar refractivity (Wildman–Crippen MR) is 57.9 cm³/mol. The fourth-order valence-corrected chi connectivity index (χ4v) is 1.46. The van der Waals surface area contributed by atoms with Crippen LogP contribution in [-0.2, 0) is 13.6 Å². The number of aryl methyl sites for hydroxylation is 2. The molecular weight excluding hydrogens is 176 g/mol. The first-order chi connectivity index (χ1) is 6.63. The van der Waals surface area contributed by atoms with E-state index < -0.39 is 0 Å². The van der Waals surface area contributed by atoms with Crippen molar-refractivity contribution < 1.29 is 0 Å². The molecule has 0 bridgehead atoms. The van der Waals surface area contributed by atoms with Gasteiger partial charge in [0.2, 0.25) is 0 Å². The summed E-state index contributed by atoms with van der Waals surface area (Å²) < 4.78 is 1.85. The zero-order valence-electron chi connectivity index (χ0n) is 9.25. The van der Waals surface area contributed by atoms with Gasteiger partial charge >= 0.3 is 0 Å². The molecule has 0 saturated carbocycles. The Morgan fingerprint density at radius 1 is 1.64 bits per heavy atom. The lowest BCUT2D eigenvalue weighted by atomic mass is 10.2. The molecule has 0 radical (unpaired) electrons. The van der Waals surface area contributed by atoms with Gasteiger partial charge in [0, 0.05) is 31.4 Å². The lowest BCUT2D eigenvalue weighted by Crippen LogP contribution is -2.27. The third-order valence-corrected chi connectivity index (χ3v) is 2.36. The van der Waals surface area contributed by atoms with Crippen molar-refractivity contribution in [3.8, 4) is 0 Å². The Balaban J connectivity index is 2.41. The zero-order chi connectivity index (χ0) is 10.6. The fourth-order valence-electron chi connectivity index (χ4n) is 1.46. The van der Waals surface area contributed by atoms with E-state index in [1.807, 2.05) is 18.7 Å². The summed E-state index contributed by atoms with van der Waals surface area (Å²) in [7, 11) is 1.94. The third-order valence-electron chi connectivity index (χ3n) is 2.36. The molecule has 14 heavy (non-hydrogen) atoms. The topological polar surface area (TPSA) is 55.9 Å². The van der Waals surface area contributed by atoms with Crippen LogP contribution in [0, 0.1) is 6.92 Å². The number of nitrogens with two attached hydrogens (primary N) is 1. The van der Waals surface area contributed by atoms with Crippen LogP contribution in [0.1, 0.15) is 24.6 Å². The molecule has 0 aliphatic heterocycles. The number of hydrogen-bond donors (Lipinski definition) is 2. The Hall–Kier alpha value is -0.870. The Morgan fingerprint density at radius 3 is 2.86 bits per heavy atom. The van der Waals surface area contributed by atoms with Crippen molar-refractivity contribution in [2.45, 2.75) is 32.9 Å². The van der Waals surface area contributed by atoms with Gasteiger partial charge in [-0.3, -0.25) is 4.68 Å². The first-order valence-electron chi connectivity index (χ1n) is 5.06. The van der Waals surface area contributed by atoms with Gasteiger partial charge in [-0.25, -0.2) is 0 Å². The summed E-state index contributed by atoms with van der Waals surface area (Å²) in [6, 6.07) is 0.472. The fraction of sp³-hybridized carbons (Fsp3) is 0.700. The van der Waals surface area contributed by atoms with Crippen molar-refractivity contribution in [2.24, 2.45) is 12.8 Å². The van der Waals surface area contributed by atoms with Crippen LogP contribution in [0.25, 0.3) is 0 Å². The largest absolute Gasteiger partial charge is 0.330 e. The highest BCUT2D eigenvalue weighted by Gasteiger charge is 2.04. The van der Waals surface area contributed by atoms with Gasteiger partial charge < -0.3 is 11.1 Å². The molecule has 0 aliphatic rings. The van der Waals surface area contributed by atoms with Crippen LogP contribution in [0.5, 0.6) is 0 Å². The Morgan fingerprint density at radius 2 is 2.36 bits per heavy atom. The van der Waals surface area contributed by atoms with Crippen LogP contribution in [0.2, 0.25) is 0 Å². The molecule has 0 aliphatic carbocycles. The minimum absolute atomic E-state index is 0.472. The van der Waals surface area contributed by atoms with E-state index in [9.17, 15) is 0 Å². The van der Waals surface area contributed by atoms with Gasteiger partial charge in [0.15, 0.2) is 0 Å². The van der Waals surface area contributed by atoms with Crippen LogP contribution in [0.3, 0.4) is 0 Å². The highest BCUT2D eigenvalue weighted by Crippen LogP contribution is 2.04. The van der Waals surface area contributed by atoms with Crippen molar-refractivity contribution in [2.75, 3.05) is 6.54 Å². The van der Waals surface area contributed by atoms with E-state index in [4.69, 9.17) is 5.73 Å². The number of aromatic nitrogens is 2. The monoisotopic (exact) mass is 196 g/mol. The van der Waals surface area contributed by atoms with Gasteiger partial charge in [0.25, 0.3) is 0 Å². The van der Waals surface area contributed by atoms with Crippen LogP contribution in [-0.4, -0.2) is 22.4 Å². The third kappa shape index (κ3) is 3.12. The summed E-state index contributed by atoms with van der Waals surface area (Å²) >= 11 is 0. The highest BCUT2D eigenvalue weighted by atomic mass is 15.2. The molecule has 80 valence electrons. The van der Waals surface area contributed by atoms with E-state index in [-0.39, 0.29) is 0 Å². The van der Waals surface area contributed by atoms with Gasteiger partial charge in [0.1, 0.15) is 0 Å². The maximum Gasteiger partial charge on any atom is 0.0638 e. The molecule has 0 fully saturated rings. The van der Waals surface area contributed by atoms with E-state index in [2.05, 4.69) is 23.5 Å². The van der Waals surface area contributed by atoms with Gasteiger partial charge in [-0.1, -0.05) is 0 Å². The molecule has 0 aromatic carbocycles. The molecule has 4 nitrogen and oxygen atoms in total. The van der Waals surface area contributed by atoms with Crippen LogP contribution in [0.4, 0.5) is 0 Å². The second-order valence-electron chi connectivity index (χ2n) is 3.77. The molecule has 4 heteroatoms. The smallest absolute Gasteiger partial charge is 0.0638 e. The molecular formula is C10H20N4. The second-order valence-corrected chi connectivity index (χ2v) is 3.77. The van der Waals surface area contributed by atoms with Crippen LogP contribution >= 0.6 is 0 Å². The maximum absolute atomic E-state index is 5.48. The minimum Gasteiger partial charge on any atom is -0.330 e. The van der Waals surface area contributed by atoms with Gasteiger partial charge in [0.05, 0.1) is 5.69 Å². The molecule has 0 saturated heterocycles. The lowest BCUT2D eigenvalue weighted by molar-refractivity contribution is 0.519. The Kier molecular flexibility index (Phi) is 4.10. The van der Waals surface area contributed by atoms with Gasteiger partial charge in [-0.05, 0) is 26.8 Å². The van der Waals surface area contributed by atoms with Gasteiger partial charge in [-0.15, -0.1) is 0 Å². The SMILES string of the molecule is Cc1nn(C)cc1CNC(C)CCN. The molecule has 1 unspecified atom stereocenters. The molecule has 1 atom stereocenters. The number of rotatable bonds is 5.